The number of likely N-dealkylation sites (tertiary alicyclic amines) is 1. The van der Waals surface area contributed by atoms with E-state index in [9.17, 15) is 4.79 Å². The molecular formula is C9H17NO2. The molecule has 1 N–H and O–H groups in total. The van der Waals surface area contributed by atoms with Crippen LogP contribution in [0.25, 0.3) is 0 Å². The van der Waals surface area contributed by atoms with E-state index in [1.165, 1.54) is 0 Å². The lowest BCUT2D eigenvalue weighted by atomic mass is 10.0. The molecule has 1 rings (SSSR count). The second-order valence-corrected chi connectivity index (χ2v) is 3.59. The van der Waals surface area contributed by atoms with Crippen molar-refractivity contribution >= 4 is 5.97 Å². The minimum absolute atomic E-state index is 0.232. The topological polar surface area (TPSA) is 40.5 Å². The van der Waals surface area contributed by atoms with Crippen LogP contribution in [0.5, 0.6) is 0 Å². The normalized spacial score (nSPS) is 30.8. The summed E-state index contributed by atoms with van der Waals surface area (Å²) in [4.78, 5) is 12.9. The van der Waals surface area contributed by atoms with Crippen molar-refractivity contribution in [2.75, 3.05) is 13.1 Å². The molecule has 0 bridgehead atoms. The van der Waals surface area contributed by atoms with Crippen LogP contribution in [-0.2, 0) is 4.79 Å². The maximum Gasteiger partial charge on any atom is 0.321 e. The van der Waals surface area contributed by atoms with Gasteiger partial charge in [-0.2, -0.15) is 0 Å². The number of nitrogens with zero attached hydrogens (tertiary/aromatic N) is 1. The van der Waals surface area contributed by atoms with Crippen molar-refractivity contribution in [3.63, 3.8) is 0 Å². The molecule has 1 heterocycles. The van der Waals surface area contributed by atoms with Gasteiger partial charge in [0.05, 0.1) is 0 Å². The smallest absolute Gasteiger partial charge is 0.321 e. The molecule has 1 fully saturated rings. The largest absolute Gasteiger partial charge is 0.480 e. The maximum atomic E-state index is 10.9. The molecule has 70 valence electrons. The Morgan fingerprint density at radius 3 is 2.83 bits per heavy atom. The molecule has 1 aliphatic rings. The van der Waals surface area contributed by atoms with Gasteiger partial charge in [-0.1, -0.05) is 13.8 Å². The number of carboxylic acid groups (broad SMARTS) is 1. The van der Waals surface area contributed by atoms with Crippen molar-refractivity contribution in [2.24, 2.45) is 5.92 Å². The van der Waals surface area contributed by atoms with Gasteiger partial charge in [0.2, 0.25) is 0 Å². The van der Waals surface area contributed by atoms with Crippen LogP contribution in [0.4, 0.5) is 0 Å². The first-order valence-corrected chi connectivity index (χ1v) is 4.63. The Morgan fingerprint density at radius 2 is 2.33 bits per heavy atom. The van der Waals surface area contributed by atoms with E-state index >= 15 is 0 Å². The van der Waals surface area contributed by atoms with E-state index in [4.69, 9.17) is 5.11 Å². The molecule has 1 aliphatic heterocycles. The minimum Gasteiger partial charge on any atom is -0.480 e. The third-order valence-electron chi connectivity index (χ3n) is 2.57. The molecule has 0 aromatic rings. The van der Waals surface area contributed by atoms with Gasteiger partial charge >= 0.3 is 5.97 Å². The van der Waals surface area contributed by atoms with E-state index in [1.807, 2.05) is 6.92 Å². The Bertz CT molecular complexity index is 168. The van der Waals surface area contributed by atoms with E-state index < -0.39 is 5.97 Å². The van der Waals surface area contributed by atoms with Gasteiger partial charge in [-0.15, -0.1) is 0 Å². The first kappa shape index (κ1) is 9.52. The molecule has 0 saturated carbocycles. The average molecular weight is 171 g/mol. The fourth-order valence-corrected chi connectivity index (χ4v) is 1.96. The summed E-state index contributed by atoms with van der Waals surface area (Å²) in [5.41, 5.74) is 0. The van der Waals surface area contributed by atoms with Crippen molar-refractivity contribution in [2.45, 2.75) is 32.7 Å². The van der Waals surface area contributed by atoms with Crippen LogP contribution < -0.4 is 0 Å². The molecule has 3 heteroatoms. The van der Waals surface area contributed by atoms with Crippen LogP contribution in [0.1, 0.15) is 26.7 Å². The summed E-state index contributed by atoms with van der Waals surface area (Å²) in [6.45, 7) is 5.98. The monoisotopic (exact) mass is 171 g/mol. The first-order chi connectivity index (χ1) is 5.66. The van der Waals surface area contributed by atoms with Crippen LogP contribution in [0, 0.1) is 5.92 Å². The highest BCUT2D eigenvalue weighted by atomic mass is 16.4. The van der Waals surface area contributed by atoms with Gasteiger partial charge in [0.25, 0.3) is 0 Å². The number of carboxylic acids is 1. The number of hydrogen-bond acceptors (Lipinski definition) is 2. The van der Waals surface area contributed by atoms with E-state index in [1.54, 1.807) is 0 Å². The van der Waals surface area contributed by atoms with Crippen LogP contribution >= 0.6 is 0 Å². The van der Waals surface area contributed by atoms with Gasteiger partial charge in [0.1, 0.15) is 6.04 Å². The lowest BCUT2D eigenvalue weighted by Crippen LogP contribution is -2.39. The molecule has 0 spiro atoms. The van der Waals surface area contributed by atoms with Gasteiger partial charge in [-0.3, -0.25) is 9.69 Å². The minimum atomic E-state index is -0.659. The summed E-state index contributed by atoms with van der Waals surface area (Å²) < 4.78 is 0. The van der Waals surface area contributed by atoms with Crippen molar-refractivity contribution in [1.82, 2.24) is 4.90 Å². The molecule has 0 radical (unpaired) electrons. The maximum absolute atomic E-state index is 10.9. The fourth-order valence-electron chi connectivity index (χ4n) is 1.96. The van der Waals surface area contributed by atoms with Crippen LogP contribution in [0.2, 0.25) is 0 Å². The summed E-state index contributed by atoms with van der Waals surface area (Å²) in [7, 11) is 0. The van der Waals surface area contributed by atoms with Gasteiger partial charge < -0.3 is 5.11 Å². The number of carbonyl (C=O) groups is 1. The van der Waals surface area contributed by atoms with Crippen LogP contribution in [0.3, 0.4) is 0 Å². The second-order valence-electron chi connectivity index (χ2n) is 3.59. The SMILES string of the molecule is CCCN1CCC(C)C1C(=O)O. The third-order valence-corrected chi connectivity index (χ3v) is 2.57. The first-order valence-electron chi connectivity index (χ1n) is 4.63. The summed E-state index contributed by atoms with van der Waals surface area (Å²) in [6.07, 6.45) is 2.06. The predicted octanol–water partition coefficient (Wildman–Crippen LogP) is 1.19. The predicted molar refractivity (Wildman–Crippen MR) is 47.1 cm³/mol. The molecule has 0 amide bonds. The molecule has 1 saturated heterocycles. The van der Waals surface area contributed by atoms with Crippen LogP contribution in [-0.4, -0.2) is 35.1 Å². The highest BCUT2D eigenvalue weighted by Gasteiger charge is 2.35. The molecule has 12 heavy (non-hydrogen) atoms. The van der Waals surface area contributed by atoms with Crippen LogP contribution in [0.15, 0.2) is 0 Å². The number of hydrogen-bond donors (Lipinski definition) is 1. The van der Waals surface area contributed by atoms with Crippen molar-refractivity contribution < 1.29 is 9.90 Å². The lowest BCUT2D eigenvalue weighted by Gasteiger charge is -2.21. The molecule has 0 aromatic carbocycles. The van der Waals surface area contributed by atoms with Gasteiger partial charge in [-0.25, -0.2) is 0 Å². The molecule has 0 aromatic heterocycles. The zero-order valence-corrected chi connectivity index (χ0v) is 7.79. The second kappa shape index (κ2) is 3.90. The Labute approximate surface area is 73.4 Å². The average Bonchev–Trinajstić information content (AvgIpc) is 2.32. The van der Waals surface area contributed by atoms with Crippen molar-refractivity contribution in [3.8, 4) is 0 Å². The van der Waals surface area contributed by atoms with Crippen molar-refractivity contribution in [3.05, 3.63) is 0 Å². The third kappa shape index (κ3) is 1.78. The number of aliphatic carboxylic acids is 1. The molecule has 2 atom stereocenters. The fraction of sp³-hybridized carbons (Fsp3) is 0.889. The molecule has 0 aliphatic carbocycles. The van der Waals surface area contributed by atoms with E-state index in [2.05, 4.69) is 11.8 Å². The zero-order chi connectivity index (χ0) is 9.14. The standard InChI is InChI=1S/C9H17NO2/c1-3-5-10-6-4-7(2)8(10)9(11)12/h7-8H,3-6H2,1-2H3,(H,11,12). The quantitative estimate of drug-likeness (QED) is 0.693. The lowest BCUT2D eigenvalue weighted by molar-refractivity contribution is -0.143. The summed E-state index contributed by atoms with van der Waals surface area (Å²) >= 11 is 0. The van der Waals surface area contributed by atoms with Gasteiger partial charge in [0, 0.05) is 0 Å². The summed E-state index contributed by atoms with van der Waals surface area (Å²) in [6, 6.07) is -0.232. The van der Waals surface area contributed by atoms with E-state index in [0.717, 1.165) is 25.9 Å². The molecule has 2 unspecified atom stereocenters. The Morgan fingerprint density at radius 1 is 1.67 bits per heavy atom. The highest BCUT2D eigenvalue weighted by molar-refractivity contribution is 5.74. The Hall–Kier alpha value is -0.570. The van der Waals surface area contributed by atoms with Gasteiger partial charge in [0.15, 0.2) is 0 Å². The summed E-state index contributed by atoms with van der Waals surface area (Å²) in [5, 5.41) is 8.94. The van der Waals surface area contributed by atoms with Crippen molar-refractivity contribution in [1.29, 1.82) is 0 Å². The Balaban J connectivity index is 2.57. The molecular weight excluding hydrogens is 154 g/mol. The zero-order valence-electron chi connectivity index (χ0n) is 7.79. The Kier molecular flexibility index (Phi) is 3.09. The van der Waals surface area contributed by atoms with E-state index in [-0.39, 0.29) is 6.04 Å². The van der Waals surface area contributed by atoms with Gasteiger partial charge in [-0.05, 0) is 31.8 Å². The highest BCUT2D eigenvalue weighted by Crippen LogP contribution is 2.23. The number of rotatable bonds is 3. The summed E-state index contributed by atoms with van der Waals surface area (Å²) in [5.74, 6) is -0.345. The van der Waals surface area contributed by atoms with E-state index in [0.29, 0.717) is 5.92 Å². The molecule has 3 nitrogen and oxygen atoms in total.